The second-order valence-corrected chi connectivity index (χ2v) is 6.55. The molecule has 0 bridgehead atoms. The summed E-state index contributed by atoms with van der Waals surface area (Å²) < 4.78 is 0. The molecule has 3 nitrogen and oxygen atoms in total. The third-order valence-electron chi connectivity index (χ3n) is 3.81. The van der Waals surface area contributed by atoms with Crippen LogP contribution in [0.25, 0.3) is 0 Å². The van der Waals surface area contributed by atoms with Gasteiger partial charge in [0.25, 0.3) is 0 Å². The zero-order chi connectivity index (χ0) is 13.5. The molecule has 0 fully saturated rings. The van der Waals surface area contributed by atoms with Gasteiger partial charge in [-0.05, 0) is 30.9 Å². The maximum atomic E-state index is 11.8. The van der Waals surface area contributed by atoms with Crippen LogP contribution >= 0.6 is 11.3 Å². The van der Waals surface area contributed by atoms with Crippen molar-refractivity contribution in [1.29, 1.82) is 0 Å². The molecular weight excluding hydrogens is 258 g/mol. The van der Waals surface area contributed by atoms with Crippen molar-refractivity contribution >= 4 is 17.3 Å². The Kier molecular flexibility index (Phi) is 2.90. The van der Waals surface area contributed by atoms with Crippen LogP contribution in [0, 0.1) is 12.3 Å². The van der Waals surface area contributed by atoms with Crippen LogP contribution in [0.5, 0.6) is 0 Å². The Morgan fingerprint density at radius 1 is 1.37 bits per heavy atom. The zero-order valence-electron chi connectivity index (χ0n) is 10.7. The molecule has 19 heavy (non-hydrogen) atoms. The number of aryl methyl sites for hydroxylation is 1. The Labute approximate surface area is 115 Å². The molecule has 1 aliphatic rings. The van der Waals surface area contributed by atoms with Gasteiger partial charge in [-0.1, -0.05) is 24.3 Å². The quantitative estimate of drug-likeness (QED) is 0.935. The Bertz CT molecular complexity index is 608. The summed E-state index contributed by atoms with van der Waals surface area (Å²) in [5.74, 6) is -0.699. The molecule has 2 aromatic rings. The number of carboxylic acid groups (broad SMARTS) is 1. The summed E-state index contributed by atoms with van der Waals surface area (Å²) in [7, 11) is 0. The fourth-order valence-corrected chi connectivity index (χ4v) is 3.81. The largest absolute Gasteiger partial charge is 0.481 e. The first kappa shape index (κ1) is 12.4. The van der Waals surface area contributed by atoms with Crippen LogP contribution in [0.15, 0.2) is 30.5 Å². The molecule has 1 aromatic carbocycles. The highest BCUT2D eigenvalue weighted by Crippen LogP contribution is 2.40. The van der Waals surface area contributed by atoms with Gasteiger partial charge in [-0.15, -0.1) is 11.3 Å². The summed E-state index contributed by atoms with van der Waals surface area (Å²) in [5.41, 5.74) is 1.65. The Balaban J connectivity index is 1.93. The average Bonchev–Trinajstić information content (AvgIpc) is 2.93. The van der Waals surface area contributed by atoms with E-state index in [1.165, 1.54) is 11.1 Å². The minimum absolute atomic E-state index is 0.572. The Morgan fingerprint density at radius 2 is 2.00 bits per heavy atom. The normalized spacial score (nSPS) is 16.3. The van der Waals surface area contributed by atoms with Crippen LogP contribution in [0.3, 0.4) is 0 Å². The lowest BCUT2D eigenvalue weighted by Crippen LogP contribution is -2.34. The number of aliphatic carboxylic acids is 1. The molecule has 0 spiro atoms. The summed E-state index contributed by atoms with van der Waals surface area (Å²) in [6, 6.07) is 8.04. The first-order valence-corrected chi connectivity index (χ1v) is 7.12. The molecule has 1 heterocycles. The summed E-state index contributed by atoms with van der Waals surface area (Å²) in [4.78, 5) is 17.1. The molecule has 0 saturated carbocycles. The van der Waals surface area contributed by atoms with Crippen LogP contribution in [0.1, 0.15) is 21.0 Å². The number of rotatable bonds is 3. The van der Waals surface area contributed by atoms with Gasteiger partial charge in [-0.3, -0.25) is 4.79 Å². The van der Waals surface area contributed by atoms with Crippen molar-refractivity contribution in [3.8, 4) is 0 Å². The predicted molar refractivity (Wildman–Crippen MR) is 74.5 cm³/mol. The van der Waals surface area contributed by atoms with E-state index in [1.807, 2.05) is 37.4 Å². The van der Waals surface area contributed by atoms with Crippen molar-refractivity contribution in [2.75, 3.05) is 0 Å². The van der Waals surface area contributed by atoms with Crippen molar-refractivity contribution < 1.29 is 9.90 Å². The lowest BCUT2D eigenvalue weighted by Gasteiger charge is -2.22. The molecule has 0 amide bonds. The monoisotopic (exact) mass is 273 g/mol. The van der Waals surface area contributed by atoms with E-state index in [0.717, 1.165) is 9.88 Å². The first-order valence-electron chi connectivity index (χ1n) is 6.31. The van der Waals surface area contributed by atoms with Crippen molar-refractivity contribution in [2.45, 2.75) is 26.2 Å². The summed E-state index contributed by atoms with van der Waals surface area (Å²) in [5, 5.41) is 10.7. The molecule has 1 aliphatic carbocycles. The lowest BCUT2D eigenvalue weighted by molar-refractivity contribution is -0.148. The molecule has 4 heteroatoms. The third kappa shape index (κ3) is 2.16. The number of carboxylic acids is 1. The van der Waals surface area contributed by atoms with E-state index in [-0.39, 0.29) is 0 Å². The second-order valence-electron chi connectivity index (χ2n) is 5.23. The number of aromatic nitrogens is 1. The SMILES string of the molecule is Cc1ncc(CC2(C(=O)O)Cc3ccccc3C2)s1. The van der Waals surface area contributed by atoms with Gasteiger partial charge in [0.2, 0.25) is 0 Å². The number of nitrogens with zero attached hydrogens (tertiary/aromatic N) is 1. The molecule has 1 aromatic heterocycles. The average molecular weight is 273 g/mol. The smallest absolute Gasteiger partial charge is 0.310 e. The minimum atomic E-state index is -0.699. The zero-order valence-corrected chi connectivity index (χ0v) is 11.5. The van der Waals surface area contributed by atoms with Crippen LogP contribution < -0.4 is 0 Å². The fourth-order valence-electron chi connectivity index (χ4n) is 2.87. The van der Waals surface area contributed by atoms with Gasteiger partial charge in [-0.25, -0.2) is 4.98 Å². The van der Waals surface area contributed by atoms with E-state index in [0.29, 0.717) is 19.3 Å². The van der Waals surface area contributed by atoms with E-state index >= 15 is 0 Å². The molecule has 3 rings (SSSR count). The lowest BCUT2D eigenvalue weighted by atomic mass is 9.81. The summed E-state index contributed by atoms with van der Waals surface area (Å²) in [6.07, 6.45) is 3.63. The molecule has 0 radical (unpaired) electrons. The predicted octanol–water partition coefficient (Wildman–Crippen LogP) is 2.86. The van der Waals surface area contributed by atoms with Crippen LogP contribution in [-0.4, -0.2) is 16.1 Å². The third-order valence-corrected chi connectivity index (χ3v) is 4.72. The van der Waals surface area contributed by atoms with Crippen LogP contribution in [-0.2, 0) is 24.1 Å². The second kappa shape index (κ2) is 4.46. The maximum Gasteiger partial charge on any atom is 0.310 e. The van der Waals surface area contributed by atoms with Crippen molar-refractivity contribution in [3.05, 3.63) is 51.5 Å². The highest BCUT2D eigenvalue weighted by atomic mass is 32.1. The maximum absolute atomic E-state index is 11.8. The van der Waals surface area contributed by atoms with Crippen molar-refractivity contribution in [2.24, 2.45) is 5.41 Å². The molecule has 98 valence electrons. The Hall–Kier alpha value is -1.68. The summed E-state index contributed by atoms with van der Waals surface area (Å²) >= 11 is 1.59. The van der Waals surface area contributed by atoms with Crippen molar-refractivity contribution in [3.63, 3.8) is 0 Å². The van der Waals surface area contributed by atoms with Gasteiger partial charge in [0, 0.05) is 17.5 Å². The van der Waals surface area contributed by atoms with E-state index in [1.54, 1.807) is 11.3 Å². The molecule has 0 unspecified atom stereocenters. The van der Waals surface area contributed by atoms with Gasteiger partial charge < -0.3 is 5.11 Å². The van der Waals surface area contributed by atoms with Gasteiger partial charge in [-0.2, -0.15) is 0 Å². The number of carbonyl (C=O) groups is 1. The van der Waals surface area contributed by atoms with E-state index in [9.17, 15) is 9.90 Å². The topological polar surface area (TPSA) is 50.2 Å². The summed E-state index contributed by atoms with van der Waals surface area (Å²) in [6.45, 7) is 1.95. The van der Waals surface area contributed by atoms with Crippen LogP contribution in [0.4, 0.5) is 0 Å². The molecular formula is C15H15NO2S. The number of fused-ring (bicyclic) bond motifs is 1. The number of thiazole rings is 1. The Morgan fingerprint density at radius 3 is 2.47 bits per heavy atom. The molecule has 0 atom stereocenters. The molecule has 0 saturated heterocycles. The minimum Gasteiger partial charge on any atom is -0.481 e. The number of hydrogen-bond donors (Lipinski definition) is 1. The van der Waals surface area contributed by atoms with Crippen molar-refractivity contribution in [1.82, 2.24) is 4.98 Å². The standard InChI is InChI=1S/C15H15NO2S/c1-10-16-9-13(19-10)8-15(14(17)18)6-11-4-2-3-5-12(11)7-15/h2-5,9H,6-8H2,1H3,(H,17,18). The molecule has 0 aliphatic heterocycles. The fraction of sp³-hybridized carbons (Fsp3) is 0.333. The first-order chi connectivity index (χ1) is 9.09. The van der Waals surface area contributed by atoms with Gasteiger partial charge >= 0.3 is 5.97 Å². The van der Waals surface area contributed by atoms with E-state index in [4.69, 9.17) is 0 Å². The highest BCUT2D eigenvalue weighted by Gasteiger charge is 2.44. The van der Waals surface area contributed by atoms with Gasteiger partial charge in [0.05, 0.1) is 10.4 Å². The number of hydrogen-bond acceptors (Lipinski definition) is 3. The van der Waals surface area contributed by atoms with Gasteiger partial charge in [0.1, 0.15) is 0 Å². The van der Waals surface area contributed by atoms with E-state index < -0.39 is 11.4 Å². The van der Waals surface area contributed by atoms with Crippen LogP contribution in [0.2, 0.25) is 0 Å². The number of benzene rings is 1. The highest BCUT2D eigenvalue weighted by molar-refractivity contribution is 7.11. The molecule has 1 N–H and O–H groups in total. The van der Waals surface area contributed by atoms with Gasteiger partial charge in [0.15, 0.2) is 0 Å². The van der Waals surface area contributed by atoms with E-state index in [2.05, 4.69) is 4.98 Å².